The summed E-state index contributed by atoms with van der Waals surface area (Å²) in [7, 11) is 0. The Labute approximate surface area is 101 Å². The zero-order valence-corrected chi connectivity index (χ0v) is 9.89. The van der Waals surface area contributed by atoms with E-state index in [1.807, 2.05) is 18.2 Å². The van der Waals surface area contributed by atoms with Gasteiger partial charge in [0.15, 0.2) is 0 Å². The van der Waals surface area contributed by atoms with E-state index >= 15 is 0 Å². The van der Waals surface area contributed by atoms with E-state index in [0.29, 0.717) is 0 Å². The molecule has 0 fully saturated rings. The van der Waals surface area contributed by atoms with Crippen molar-refractivity contribution in [3.8, 4) is 0 Å². The highest BCUT2D eigenvalue weighted by Gasteiger charge is 2.22. The fraction of sp³-hybridized carbons (Fsp3) is 0.455. The molecule has 1 aliphatic carbocycles. The average molecular weight is 248 g/mol. The molecule has 2 nitrogen and oxygen atoms in total. The van der Waals surface area contributed by atoms with Gasteiger partial charge in [0.1, 0.15) is 0 Å². The molecule has 1 aromatic rings. The van der Waals surface area contributed by atoms with Crippen LogP contribution in [0, 0.1) is 0 Å². The molecule has 0 heterocycles. The van der Waals surface area contributed by atoms with Crippen molar-refractivity contribution < 1.29 is 5.11 Å². The first kappa shape index (κ1) is 12.8. The van der Waals surface area contributed by atoms with Gasteiger partial charge in [-0.25, -0.2) is 0 Å². The molecule has 0 bridgehead atoms. The van der Waals surface area contributed by atoms with Gasteiger partial charge >= 0.3 is 0 Å². The Morgan fingerprint density at radius 1 is 1.40 bits per heavy atom. The number of aliphatic hydroxyl groups excluding tert-OH is 1. The maximum atomic E-state index is 9.93. The molecule has 0 aliphatic heterocycles. The summed E-state index contributed by atoms with van der Waals surface area (Å²) in [4.78, 5) is 0. The van der Waals surface area contributed by atoms with E-state index in [-0.39, 0.29) is 18.4 Å². The van der Waals surface area contributed by atoms with Crippen LogP contribution in [0.15, 0.2) is 18.2 Å². The van der Waals surface area contributed by atoms with Gasteiger partial charge in [0.25, 0.3) is 0 Å². The molecule has 15 heavy (non-hydrogen) atoms. The highest BCUT2D eigenvalue weighted by molar-refractivity contribution is 6.30. The number of aryl methyl sites for hydroxylation is 1. The number of halogens is 2. The smallest absolute Gasteiger partial charge is 0.0943 e. The summed E-state index contributed by atoms with van der Waals surface area (Å²) in [6.07, 6.45) is 2.31. The van der Waals surface area contributed by atoms with Crippen molar-refractivity contribution in [3.05, 3.63) is 34.3 Å². The molecule has 0 radical (unpaired) electrons. The number of benzene rings is 1. The molecule has 0 saturated carbocycles. The number of fused-ring (bicyclic) bond motifs is 1. The molecule has 0 amide bonds. The second-order valence-electron chi connectivity index (χ2n) is 3.84. The summed E-state index contributed by atoms with van der Waals surface area (Å²) in [6.45, 7) is 0. The molecule has 1 aromatic carbocycles. The number of rotatable bonds is 0. The molecule has 0 aromatic heterocycles. The SMILES string of the molecule is Cl.NC1CCCc2cc(Cl)ccc2C1O. The minimum Gasteiger partial charge on any atom is -0.387 e. The van der Waals surface area contributed by atoms with Crippen LogP contribution in [0.2, 0.25) is 5.02 Å². The molecular weight excluding hydrogens is 233 g/mol. The molecule has 84 valence electrons. The van der Waals surface area contributed by atoms with Crippen molar-refractivity contribution in [3.63, 3.8) is 0 Å². The molecule has 2 atom stereocenters. The highest BCUT2D eigenvalue weighted by Crippen LogP contribution is 2.29. The van der Waals surface area contributed by atoms with E-state index in [0.717, 1.165) is 35.4 Å². The van der Waals surface area contributed by atoms with Crippen LogP contribution in [0.5, 0.6) is 0 Å². The van der Waals surface area contributed by atoms with E-state index in [2.05, 4.69) is 0 Å². The third-order valence-electron chi connectivity index (χ3n) is 2.81. The summed E-state index contributed by atoms with van der Waals surface area (Å²) >= 11 is 5.90. The fourth-order valence-electron chi connectivity index (χ4n) is 2.00. The summed E-state index contributed by atoms with van der Waals surface area (Å²) < 4.78 is 0. The lowest BCUT2D eigenvalue weighted by Crippen LogP contribution is -2.27. The Bertz CT molecular complexity index is 343. The van der Waals surface area contributed by atoms with Crippen molar-refractivity contribution in [2.75, 3.05) is 0 Å². The van der Waals surface area contributed by atoms with Crippen LogP contribution in [-0.4, -0.2) is 11.1 Å². The quantitative estimate of drug-likeness (QED) is 0.693. The predicted molar refractivity (Wildman–Crippen MR) is 64.6 cm³/mol. The van der Waals surface area contributed by atoms with Crippen molar-refractivity contribution in [1.82, 2.24) is 0 Å². The van der Waals surface area contributed by atoms with Crippen LogP contribution in [0.1, 0.15) is 30.1 Å². The van der Waals surface area contributed by atoms with Crippen molar-refractivity contribution >= 4 is 24.0 Å². The zero-order chi connectivity index (χ0) is 10.1. The van der Waals surface area contributed by atoms with Crippen LogP contribution in [0.25, 0.3) is 0 Å². The second-order valence-corrected chi connectivity index (χ2v) is 4.28. The van der Waals surface area contributed by atoms with Gasteiger partial charge in [0.05, 0.1) is 6.10 Å². The van der Waals surface area contributed by atoms with Gasteiger partial charge in [-0.1, -0.05) is 17.7 Å². The fourth-order valence-corrected chi connectivity index (χ4v) is 2.19. The van der Waals surface area contributed by atoms with Crippen LogP contribution >= 0.6 is 24.0 Å². The molecule has 2 rings (SSSR count). The van der Waals surface area contributed by atoms with Crippen molar-refractivity contribution in [2.45, 2.75) is 31.4 Å². The number of aliphatic hydroxyl groups is 1. The molecule has 0 saturated heterocycles. The summed E-state index contributed by atoms with van der Waals surface area (Å²) in [5, 5.41) is 10.7. The van der Waals surface area contributed by atoms with E-state index in [1.165, 1.54) is 0 Å². The third-order valence-corrected chi connectivity index (χ3v) is 3.05. The summed E-state index contributed by atoms with van der Waals surface area (Å²) in [5.74, 6) is 0. The predicted octanol–water partition coefficient (Wildman–Crippen LogP) is 2.46. The Kier molecular flexibility index (Phi) is 4.41. The summed E-state index contributed by atoms with van der Waals surface area (Å²) in [6, 6.07) is 5.48. The van der Waals surface area contributed by atoms with Gasteiger partial charge in [-0.2, -0.15) is 0 Å². The first-order valence-corrected chi connectivity index (χ1v) is 5.28. The first-order chi connectivity index (χ1) is 6.68. The van der Waals surface area contributed by atoms with E-state index in [1.54, 1.807) is 0 Å². The maximum Gasteiger partial charge on any atom is 0.0943 e. The molecule has 2 unspecified atom stereocenters. The van der Waals surface area contributed by atoms with Crippen LogP contribution in [-0.2, 0) is 6.42 Å². The minimum atomic E-state index is -0.537. The number of hydrogen-bond acceptors (Lipinski definition) is 2. The monoisotopic (exact) mass is 247 g/mol. The maximum absolute atomic E-state index is 9.93. The Morgan fingerprint density at radius 2 is 2.13 bits per heavy atom. The lowest BCUT2D eigenvalue weighted by molar-refractivity contribution is 0.144. The topological polar surface area (TPSA) is 46.2 Å². The minimum absolute atomic E-state index is 0. The third kappa shape index (κ3) is 2.64. The van der Waals surface area contributed by atoms with Gasteiger partial charge < -0.3 is 10.8 Å². The molecule has 4 heteroatoms. The lowest BCUT2D eigenvalue weighted by atomic mass is 9.99. The van der Waals surface area contributed by atoms with Gasteiger partial charge in [-0.15, -0.1) is 12.4 Å². The Hall–Kier alpha value is -0.280. The van der Waals surface area contributed by atoms with Gasteiger partial charge in [-0.05, 0) is 42.5 Å². The van der Waals surface area contributed by atoms with Crippen molar-refractivity contribution in [1.29, 1.82) is 0 Å². The van der Waals surface area contributed by atoms with Gasteiger partial charge in [0.2, 0.25) is 0 Å². The van der Waals surface area contributed by atoms with E-state index in [9.17, 15) is 5.11 Å². The van der Waals surface area contributed by atoms with Crippen LogP contribution in [0.3, 0.4) is 0 Å². The zero-order valence-electron chi connectivity index (χ0n) is 8.32. The summed E-state index contributed by atoms with van der Waals surface area (Å²) in [5.41, 5.74) is 7.93. The van der Waals surface area contributed by atoms with Crippen LogP contribution < -0.4 is 5.73 Å². The molecule has 0 spiro atoms. The molecular formula is C11H15Cl2NO. The van der Waals surface area contributed by atoms with Gasteiger partial charge in [0, 0.05) is 11.1 Å². The number of nitrogens with two attached hydrogens (primary N) is 1. The van der Waals surface area contributed by atoms with E-state index in [4.69, 9.17) is 17.3 Å². The lowest BCUT2D eigenvalue weighted by Gasteiger charge is -2.17. The first-order valence-electron chi connectivity index (χ1n) is 4.90. The van der Waals surface area contributed by atoms with Crippen LogP contribution in [0.4, 0.5) is 0 Å². The average Bonchev–Trinajstić information content (AvgIpc) is 2.28. The van der Waals surface area contributed by atoms with E-state index < -0.39 is 6.10 Å². The molecule has 1 aliphatic rings. The normalized spacial score (nSPS) is 25.0. The Balaban J connectivity index is 0.00000112. The second kappa shape index (κ2) is 5.17. The van der Waals surface area contributed by atoms with Crippen molar-refractivity contribution in [2.24, 2.45) is 5.73 Å². The van der Waals surface area contributed by atoms with Gasteiger partial charge in [-0.3, -0.25) is 0 Å². The largest absolute Gasteiger partial charge is 0.387 e. The Morgan fingerprint density at radius 3 is 2.87 bits per heavy atom. The standard InChI is InChI=1S/C11H14ClNO.ClH/c12-8-4-5-9-7(6-8)2-1-3-10(13)11(9)14;/h4-6,10-11,14H,1-3,13H2;1H. The molecule has 3 N–H and O–H groups in total. The highest BCUT2D eigenvalue weighted by atomic mass is 35.5. The number of hydrogen-bond donors (Lipinski definition) is 2.